The lowest BCUT2D eigenvalue weighted by atomic mass is 9.98. The first kappa shape index (κ1) is 9.32. The van der Waals surface area contributed by atoms with Crippen LogP contribution in [0.2, 0.25) is 0 Å². The Bertz CT molecular complexity index is 159. The zero-order valence-corrected chi connectivity index (χ0v) is 7.42. The molecule has 0 aromatic rings. The zero-order chi connectivity index (χ0) is 8.97. The molecule has 1 saturated heterocycles. The van der Waals surface area contributed by atoms with Gasteiger partial charge in [0.25, 0.3) is 0 Å². The molecule has 1 rings (SSSR count). The van der Waals surface area contributed by atoms with Crippen LogP contribution in [0.4, 0.5) is 4.79 Å². The molecule has 0 aromatic carbocycles. The van der Waals surface area contributed by atoms with Crippen molar-refractivity contribution in [2.75, 3.05) is 26.7 Å². The molecule has 12 heavy (non-hydrogen) atoms. The van der Waals surface area contributed by atoms with E-state index in [1.54, 1.807) is 0 Å². The second-order valence-corrected chi connectivity index (χ2v) is 3.29. The van der Waals surface area contributed by atoms with Gasteiger partial charge in [-0.15, -0.1) is 0 Å². The molecular formula is C8H16N2O2. The summed E-state index contributed by atoms with van der Waals surface area (Å²) in [6.07, 6.45) is 1.36. The average Bonchev–Trinajstić information content (AvgIpc) is 2.05. The maximum absolute atomic E-state index is 10.6. The second-order valence-electron chi connectivity index (χ2n) is 3.29. The summed E-state index contributed by atoms with van der Waals surface area (Å²) in [5.41, 5.74) is 0. The highest BCUT2D eigenvalue weighted by Gasteiger charge is 2.22. The number of amides is 1. The highest BCUT2D eigenvalue weighted by atomic mass is 16.4. The third-order valence-corrected chi connectivity index (χ3v) is 2.28. The first-order valence-electron chi connectivity index (χ1n) is 4.36. The van der Waals surface area contributed by atoms with Crippen molar-refractivity contribution in [3.63, 3.8) is 0 Å². The van der Waals surface area contributed by atoms with E-state index in [0.29, 0.717) is 19.0 Å². The van der Waals surface area contributed by atoms with E-state index in [4.69, 9.17) is 5.11 Å². The van der Waals surface area contributed by atoms with Gasteiger partial charge in [0.1, 0.15) is 0 Å². The van der Waals surface area contributed by atoms with Crippen LogP contribution < -0.4 is 5.32 Å². The van der Waals surface area contributed by atoms with Crippen molar-refractivity contribution in [1.29, 1.82) is 0 Å². The van der Waals surface area contributed by atoms with E-state index in [9.17, 15) is 4.79 Å². The number of likely N-dealkylation sites (tertiary alicyclic amines) is 1. The molecule has 1 atom stereocenters. The maximum atomic E-state index is 10.6. The summed E-state index contributed by atoms with van der Waals surface area (Å²) >= 11 is 0. The summed E-state index contributed by atoms with van der Waals surface area (Å²) in [4.78, 5) is 12.1. The van der Waals surface area contributed by atoms with Crippen LogP contribution in [0.5, 0.6) is 0 Å². The van der Waals surface area contributed by atoms with Gasteiger partial charge < -0.3 is 15.3 Å². The van der Waals surface area contributed by atoms with Gasteiger partial charge in [-0.3, -0.25) is 0 Å². The molecule has 0 saturated carbocycles. The van der Waals surface area contributed by atoms with Gasteiger partial charge in [-0.1, -0.05) is 0 Å². The van der Waals surface area contributed by atoms with Crippen LogP contribution in [0.15, 0.2) is 0 Å². The second kappa shape index (κ2) is 4.30. The van der Waals surface area contributed by atoms with Crippen LogP contribution in [0.25, 0.3) is 0 Å². The number of carbonyl (C=O) groups is 1. The fourth-order valence-corrected chi connectivity index (χ4v) is 1.69. The molecule has 4 nitrogen and oxygen atoms in total. The standard InChI is InChI=1S/C8H16N2O2/c1-9-5-7-3-2-4-10(6-7)8(11)12/h7,9H,2-6H2,1H3,(H,11,12). The minimum absolute atomic E-state index is 0.500. The number of piperidine rings is 1. The molecule has 0 radical (unpaired) electrons. The van der Waals surface area contributed by atoms with Crippen LogP contribution >= 0.6 is 0 Å². The van der Waals surface area contributed by atoms with Crippen molar-refractivity contribution in [2.24, 2.45) is 5.92 Å². The number of nitrogens with zero attached hydrogens (tertiary/aromatic N) is 1. The molecule has 1 aliphatic rings. The third-order valence-electron chi connectivity index (χ3n) is 2.28. The first-order chi connectivity index (χ1) is 5.74. The fraction of sp³-hybridized carbons (Fsp3) is 0.875. The molecule has 2 N–H and O–H groups in total. The number of rotatable bonds is 2. The Morgan fingerprint density at radius 2 is 2.50 bits per heavy atom. The first-order valence-corrected chi connectivity index (χ1v) is 4.36. The van der Waals surface area contributed by atoms with Gasteiger partial charge in [-0.25, -0.2) is 4.79 Å². The number of hydrogen-bond donors (Lipinski definition) is 2. The van der Waals surface area contributed by atoms with Gasteiger partial charge in [0.15, 0.2) is 0 Å². The Balaban J connectivity index is 2.35. The highest BCUT2D eigenvalue weighted by Crippen LogP contribution is 2.15. The molecule has 1 aliphatic heterocycles. The predicted octanol–water partition coefficient (Wildman–Crippen LogP) is 0.596. The molecule has 0 aromatic heterocycles. The molecule has 0 aliphatic carbocycles. The van der Waals surface area contributed by atoms with Crippen molar-refractivity contribution < 1.29 is 9.90 Å². The quantitative estimate of drug-likeness (QED) is 0.641. The number of carboxylic acid groups (broad SMARTS) is 1. The minimum atomic E-state index is -0.782. The van der Waals surface area contributed by atoms with Crippen molar-refractivity contribution in [3.05, 3.63) is 0 Å². The van der Waals surface area contributed by atoms with Crippen molar-refractivity contribution in [1.82, 2.24) is 10.2 Å². The van der Waals surface area contributed by atoms with E-state index in [0.717, 1.165) is 19.4 Å². The number of nitrogens with one attached hydrogen (secondary N) is 1. The summed E-state index contributed by atoms with van der Waals surface area (Å²) < 4.78 is 0. The van der Waals surface area contributed by atoms with E-state index in [1.807, 2.05) is 7.05 Å². The van der Waals surface area contributed by atoms with E-state index in [1.165, 1.54) is 4.90 Å². The molecule has 1 unspecified atom stereocenters. The minimum Gasteiger partial charge on any atom is -0.465 e. The lowest BCUT2D eigenvalue weighted by molar-refractivity contribution is 0.120. The van der Waals surface area contributed by atoms with Crippen LogP contribution in [-0.2, 0) is 0 Å². The Kier molecular flexibility index (Phi) is 3.34. The van der Waals surface area contributed by atoms with Gasteiger partial charge in [0, 0.05) is 13.1 Å². The van der Waals surface area contributed by atoms with Gasteiger partial charge in [0.2, 0.25) is 0 Å². The van der Waals surface area contributed by atoms with Crippen LogP contribution in [0.3, 0.4) is 0 Å². The SMILES string of the molecule is CNCC1CCCN(C(=O)O)C1. The van der Waals surface area contributed by atoms with Gasteiger partial charge in [0.05, 0.1) is 0 Å². The van der Waals surface area contributed by atoms with Crippen molar-refractivity contribution >= 4 is 6.09 Å². The average molecular weight is 172 g/mol. The van der Waals surface area contributed by atoms with E-state index in [-0.39, 0.29) is 0 Å². The molecule has 1 amide bonds. The summed E-state index contributed by atoms with van der Waals surface area (Å²) in [5.74, 6) is 0.500. The van der Waals surface area contributed by atoms with Crippen molar-refractivity contribution in [2.45, 2.75) is 12.8 Å². The maximum Gasteiger partial charge on any atom is 0.407 e. The molecule has 1 heterocycles. The van der Waals surface area contributed by atoms with E-state index >= 15 is 0 Å². The third kappa shape index (κ3) is 2.37. The van der Waals surface area contributed by atoms with Crippen LogP contribution in [-0.4, -0.2) is 42.8 Å². The summed E-state index contributed by atoms with van der Waals surface area (Å²) in [6, 6.07) is 0. The predicted molar refractivity (Wildman–Crippen MR) is 46.2 cm³/mol. The van der Waals surface area contributed by atoms with Gasteiger partial charge >= 0.3 is 6.09 Å². The summed E-state index contributed by atoms with van der Waals surface area (Å²) in [7, 11) is 1.90. The molecule has 0 bridgehead atoms. The lowest BCUT2D eigenvalue weighted by Crippen LogP contribution is -2.41. The Labute approximate surface area is 72.6 Å². The molecular weight excluding hydrogens is 156 g/mol. The highest BCUT2D eigenvalue weighted by molar-refractivity contribution is 5.65. The fourth-order valence-electron chi connectivity index (χ4n) is 1.69. The molecule has 1 fully saturated rings. The van der Waals surface area contributed by atoms with Crippen molar-refractivity contribution in [3.8, 4) is 0 Å². The monoisotopic (exact) mass is 172 g/mol. The Hall–Kier alpha value is -0.770. The van der Waals surface area contributed by atoms with Crippen LogP contribution in [0, 0.1) is 5.92 Å². The number of hydrogen-bond acceptors (Lipinski definition) is 2. The molecule has 4 heteroatoms. The normalized spacial score (nSPS) is 24.1. The van der Waals surface area contributed by atoms with Gasteiger partial charge in [-0.05, 0) is 32.4 Å². The zero-order valence-electron chi connectivity index (χ0n) is 7.42. The van der Waals surface area contributed by atoms with Crippen LogP contribution in [0.1, 0.15) is 12.8 Å². The van der Waals surface area contributed by atoms with Gasteiger partial charge in [-0.2, -0.15) is 0 Å². The summed E-state index contributed by atoms with van der Waals surface area (Å²) in [6.45, 7) is 2.31. The molecule has 70 valence electrons. The largest absolute Gasteiger partial charge is 0.465 e. The summed E-state index contributed by atoms with van der Waals surface area (Å²) in [5, 5.41) is 11.8. The van der Waals surface area contributed by atoms with E-state index in [2.05, 4.69) is 5.32 Å². The lowest BCUT2D eigenvalue weighted by Gasteiger charge is -2.30. The topological polar surface area (TPSA) is 52.6 Å². The molecule has 0 spiro atoms. The Morgan fingerprint density at radius 3 is 3.08 bits per heavy atom. The Morgan fingerprint density at radius 1 is 1.75 bits per heavy atom. The smallest absolute Gasteiger partial charge is 0.407 e. The van der Waals surface area contributed by atoms with E-state index < -0.39 is 6.09 Å².